The Morgan fingerprint density at radius 3 is 3.09 bits per heavy atom. The lowest BCUT2D eigenvalue weighted by Crippen LogP contribution is -2.43. The highest BCUT2D eigenvalue weighted by Gasteiger charge is 2.22. The van der Waals surface area contributed by atoms with Crippen LogP contribution >= 0.6 is 0 Å². The maximum absolute atomic E-state index is 9.11. The number of morpholine rings is 1. The van der Waals surface area contributed by atoms with Crippen molar-refractivity contribution in [2.45, 2.75) is 12.5 Å². The van der Waals surface area contributed by atoms with E-state index in [1.165, 1.54) is 0 Å². The van der Waals surface area contributed by atoms with Crippen LogP contribution in [-0.2, 0) is 11.8 Å². The molecule has 1 unspecified atom stereocenters. The molecule has 23 heavy (non-hydrogen) atoms. The maximum atomic E-state index is 9.11. The number of hydrogen-bond donors (Lipinski definition) is 1. The fraction of sp³-hybridized carbons (Fsp3) is 0.412. The van der Waals surface area contributed by atoms with Crippen LogP contribution in [0.2, 0.25) is 0 Å². The minimum atomic E-state index is 0.0722. The smallest absolute Gasteiger partial charge is 0.143 e. The number of aliphatic hydroxyl groups is 1. The lowest BCUT2D eigenvalue weighted by molar-refractivity contribution is 0.0245. The summed E-state index contributed by atoms with van der Waals surface area (Å²) in [5, 5.41) is 11.4. The molecule has 0 saturated carbocycles. The zero-order chi connectivity index (χ0) is 15.8. The summed E-state index contributed by atoms with van der Waals surface area (Å²) in [7, 11) is 2.04. The Morgan fingerprint density at radius 1 is 1.30 bits per heavy atom. The second-order valence-corrected chi connectivity index (χ2v) is 5.94. The summed E-state index contributed by atoms with van der Waals surface area (Å²) in [6.07, 6.45) is 4.44. The zero-order valence-corrected chi connectivity index (χ0v) is 13.1. The normalized spacial score (nSPS) is 18.9. The van der Waals surface area contributed by atoms with Crippen LogP contribution in [0.4, 0.5) is 5.82 Å². The van der Waals surface area contributed by atoms with Gasteiger partial charge in [-0.15, -0.1) is 0 Å². The molecule has 0 spiro atoms. The van der Waals surface area contributed by atoms with Gasteiger partial charge in [0.15, 0.2) is 0 Å². The quantitative estimate of drug-likeness (QED) is 0.797. The highest BCUT2D eigenvalue weighted by molar-refractivity contribution is 6.06. The average molecular weight is 312 g/mol. The first-order chi connectivity index (χ1) is 11.3. The summed E-state index contributed by atoms with van der Waals surface area (Å²) in [6, 6.07) is 6.21. The summed E-state index contributed by atoms with van der Waals surface area (Å²) in [5.41, 5.74) is 2.11. The van der Waals surface area contributed by atoms with Crippen molar-refractivity contribution in [2.75, 3.05) is 31.2 Å². The Balaban J connectivity index is 1.74. The van der Waals surface area contributed by atoms with Crippen LogP contribution in [0, 0.1) is 0 Å². The summed E-state index contributed by atoms with van der Waals surface area (Å²) < 4.78 is 7.80. The van der Waals surface area contributed by atoms with Crippen LogP contribution < -0.4 is 4.90 Å². The van der Waals surface area contributed by atoms with Gasteiger partial charge in [0.1, 0.15) is 11.5 Å². The first-order valence-corrected chi connectivity index (χ1v) is 7.94. The van der Waals surface area contributed by atoms with Crippen LogP contribution in [-0.4, -0.2) is 52.0 Å². The van der Waals surface area contributed by atoms with Crippen molar-refractivity contribution < 1.29 is 9.84 Å². The lowest BCUT2D eigenvalue weighted by atomic mass is 10.2. The number of fused-ring (bicyclic) bond motifs is 3. The van der Waals surface area contributed by atoms with Crippen molar-refractivity contribution in [3.8, 4) is 0 Å². The lowest BCUT2D eigenvalue weighted by Gasteiger charge is -2.33. The largest absolute Gasteiger partial charge is 0.396 e. The molecule has 6 nitrogen and oxygen atoms in total. The number of nitrogens with zero attached hydrogens (tertiary/aromatic N) is 4. The summed E-state index contributed by atoms with van der Waals surface area (Å²) in [4.78, 5) is 11.3. The third-order valence-electron chi connectivity index (χ3n) is 4.54. The molecule has 6 heteroatoms. The van der Waals surface area contributed by atoms with E-state index >= 15 is 0 Å². The van der Waals surface area contributed by atoms with E-state index in [1.807, 2.05) is 25.5 Å². The second-order valence-electron chi connectivity index (χ2n) is 5.94. The first-order valence-electron chi connectivity index (χ1n) is 7.94. The molecule has 3 aromatic heterocycles. The highest BCUT2D eigenvalue weighted by atomic mass is 16.5. The standard InChI is InChI=1S/C17H20N4O2/c1-20-15-4-6-18-10-14(15)13-2-3-16(19-17(13)20)21-7-9-23-12(11-21)5-8-22/h2-4,6,10,12,22H,5,7-9,11H2,1H3. The van der Waals surface area contributed by atoms with Crippen LogP contribution in [0.25, 0.3) is 21.9 Å². The van der Waals surface area contributed by atoms with E-state index in [4.69, 9.17) is 14.8 Å². The topological polar surface area (TPSA) is 63.4 Å². The molecule has 3 aromatic rings. The van der Waals surface area contributed by atoms with Gasteiger partial charge in [0.2, 0.25) is 0 Å². The molecule has 0 radical (unpaired) electrons. The number of aryl methyl sites for hydroxylation is 1. The van der Waals surface area contributed by atoms with Crippen molar-refractivity contribution in [3.05, 3.63) is 30.6 Å². The predicted molar refractivity (Wildman–Crippen MR) is 89.7 cm³/mol. The van der Waals surface area contributed by atoms with E-state index in [-0.39, 0.29) is 12.7 Å². The van der Waals surface area contributed by atoms with Crippen LogP contribution in [0.5, 0.6) is 0 Å². The Hall–Kier alpha value is -2.18. The monoisotopic (exact) mass is 312 g/mol. The number of anilines is 1. The van der Waals surface area contributed by atoms with Gasteiger partial charge in [-0.05, 0) is 24.6 Å². The zero-order valence-electron chi connectivity index (χ0n) is 13.1. The highest BCUT2D eigenvalue weighted by Crippen LogP contribution is 2.28. The Kier molecular flexibility index (Phi) is 3.63. The second kappa shape index (κ2) is 5.79. The molecule has 4 rings (SSSR count). The van der Waals surface area contributed by atoms with Crippen LogP contribution in [0.1, 0.15) is 6.42 Å². The van der Waals surface area contributed by atoms with Crippen molar-refractivity contribution in [3.63, 3.8) is 0 Å². The molecule has 4 heterocycles. The predicted octanol–water partition coefficient (Wildman–Crippen LogP) is 1.71. The van der Waals surface area contributed by atoms with Crippen molar-refractivity contribution in [1.29, 1.82) is 0 Å². The van der Waals surface area contributed by atoms with Crippen molar-refractivity contribution in [1.82, 2.24) is 14.5 Å². The van der Waals surface area contributed by atoms with Gasteiger partial charge in [0.25, 0.3) is 0 Å². The fourth-order valence-electron chi connectivity index (χ4n) is 3.33. The fourth-order valence-corrected chi connectivity index (χ4v) is 3.33. The number of aromatic nitrogens is 3. The van der Waals surface area contributed by atoms with E-state index in [9.17, 15) is 0 Å². The number of ether oxygens (including phenoxy) is 1. The van der Waals surface area contributed by atoms with E-state index in [1.54, 1.807) is 0 Å². The molecule has 120 valence electrons. The van der Waals surface area contributed by atoms with E-state index in [2.05, 4.69) is 26.6 Å². The number of pyridine rings is 2. The van der Waals surface area contributed by atoms with Crippen LogP contribution in [0.15, 0.2) is 30.6 Å². The number of hydrogen-bond acceptors (Lipinski definition) is 5. The number of aliphatic hydroxyl groups excluding tert-OH is 1. The third kappa shape index (κ3) is 2.44. The maximum Gasteiger partial charge on any atom is 0.143 e. The molecule has 1 N–H and O–H groups in total. The van der Waals surface area contributed by atoms with E-state index in [0.717, 1.165) is 40.8 Å². The molecule has 1 fully saturated rings. The minimum absolute atomic E-state index is 0.0722. The molecular weight excluding hydrogens is 292 g/mol. The molecule has 1 saturated heterocycles. The Labute approximate surface area is 134 Å². The molecule has 0 amide bonds. The Bertz CT molecular complexity index is 843. The molecule has 1 aliphatic heterocycles. The molecule has 0 bridgehead atoms. The SMILES string of the molecule is Cn1c2ccncc2c2ccc(N3CCOC(CCO)C3)nc21. The summed E-state index contributed by atoms with van der Waals surface area (Å²) in [5.74, 6) is 0.961. The average Bonchev–Trinajstić information content (AvgIpc) is 2.88. The third-order valence-corrected chi connectivity index (χ3v) is 4.54. The van der Waals surface area contributed by atoms with Gasteiger partial charge in [-0.25, -0.2) is 4.98 Å². The Morgan fingerprint density at radius 2 is 2.22 bits per heavy atom. The van der Waals surface area contributed by atoms with Gasteiger partial charge >= 0.3 is 0 Å². The number of rotatable bonds is 3. The van der Waals surface area contributed by atoms with Gasteiger partial charge in [0.05, 0.1) is 18.2 Å². The summed E-state index contributed by atoms with van der Waals surface area (Å²) >= 11 is 0. The van der Waals surface area contributed by atoms with Crippen molar-refractivity contribution in [2.24, 2.45) is 7.05 Å². The van der Waals surface area contributed by atoms with E-state index in [0.29, 0.717) is 13.0 Å². The van der Waals surface area contributed by atoms with Gasteiger partial charge in [-0.2, -0.15) is 0 Å². The van der Waals surface area contributed by atoms with Gasteiger partial charge < -0.3 is 19.3 Å². The molecule has 1 atom stereocenters. The van der Waals surface area contributed by atoms with Gasteiger partial charge in [-0.3, -0.25) is 4.98 Å². The van der Waals surface area contributed by atoms with E-state index < -0.39 is 0 Å². The van der Waals surface area contributed by atoms with Crippen molar-refractivity contribution >= 4 is 27.8 Å². The molecule has 1 aliphatic rings. The molecule has 0 aromatic carbocycles. The van der Waals surface area contributed by atoms with Crippen LogP contribution in [0.3, 0.4) is 0 Å². The minimum Gasteiger partial charge on any atom is -0.396 e. The van der Waals surface area contributed by atoms with Gasteiger partial charge in [0, 0.05) is 49.9 Å². The molecule has 0 aliphatic carbocycles. The summed E-state index contributed by atoms with van der Waals surface area (Å²) in [6.45, 7) is 2.42. The molecular formula is C17H20N4O2. The van der Waals surface area contributed by atoms with Gasteiger partial charge in [-0.1, -0.05) is 0 Å². The first kappa shape index (κ1) is 14.4.